The summed E-state index contributed by atoms with van der Waals surface area (Å²) in [5.74, 6) is 0.706. The molecular formula is C21H22BrN7. The number of hydrogen-bond donors (Lipinski definition) is 2. The third-order valence-electron chi connectivity index (χ3n) is 5.33. The standard InChI is InChI=1S/C21H22BrN7/c22-19-14-29-18(16-10-24-25-11-16)12-23-21(29)20(27-19)26-17-6-4-15(5-7-17)13-28-8-2-1-3-9-28/h4-7,10-12,14H,1-3,8-9,13H2,(H,24,25)(H,26,27). The van der Waals surface area contributed by atoms with Crippen LogP contribution < -0.4 is 5.32 Å². The van der Waals surface area contributed by atoms with E-state index in [9.17, 15) is 0 Å². The Labute approximate surface area is 177 Å². The lowest BCUT2D eigenvalue weighted by atomic mass is 10.1. The van der Waals surface area contributed by atoms with E-state index < -0.39 is 0 Å². The van der Waals surface area contributed by atoms with Crippen LogP contribution in [0.5, 0.6) is 0 Å². The topological polar surface area (TPSA) is 74.1 Å². The van der Waals surface area contributed by atoms with Crippen LogP contribution in [0, 0.1) is 0 Å². The zero-order valence-corrected chi connectivity index (χ0v) is 17.6. The molecule has 0 bridgehead atoms. The number of benzene rings is 1. The highest BCUT2D eigenvalue weighted by molar-refractivity contribution is 9.10. The molecule has 0 atom stereocenters. The molecule has 7 nitrogen and oxygen atoms in total. The zero-order valence-electron chi connectivity index (χ0n) is 16.0. The van der Waals surface area contributed by atoms with Gasteiger partial charge in [0.2, 0.25) is 0 Å². The summed E-state index contributed by atoms with van der Waals surface area (Å²) in [5, 5.41) is 10.3. The van der Waals surface area contributed by atoms with Crippen molar-refractivity contribution in [3.8, 4) is 11.3 Å². The molecule has 1 aliphatic heterocycles. The molecule has 3 aromatic heterocycles. The first kappa shape index (κ1) is 18.3. The predicted molar refractivity (Wildman–Crippen MR) is 117 cm³/mol. The second-order valence-corrected chi connectivity index (χ2v) is 8.21. The van der Waals surface area contributed by atoms with Crippen LogP contribution in [0.15, 0.2) is 53.7 Å². The molecule has 29 heavy (non-hydrogen) atoms. The van der Waals surface area contributed by atoms with Crippen LogP contribution in [0.25, 0.3) is 16.9 Å². The molecule has 1 aromatic carbocycles. The van der Waals surface area contributed by atoms with Gasteiger partial charge in [0, 0.05) is 30.2 Å². The Morgan fingerprint density at radius 1 is 1.07 bits per heavy atom. The molecule has 1 aliphatic rings. The molecule has 2 N–H and O–H groups in total. The van der Waals surface area contributed by atoms with Crippen LogP contribution in [0.1, 0.15) is 24.8 Å². The second kappa shape index (κ2) is 7.96. The molecule has 1 fully saturated rings. The van der Waals surface area contributed by atoms with Crippen LogP contribution in [-0.4, -0.2) is 42.6 Å². The number of piperidine rings is 1. The normalized spacial score (nSPS) is 15.1. The molecule has 1 saturated heterocycles. The number of halogens is 1. The number of H-pyrrole nitrogens is 1. The highest BCUT2D eigenvalue weighted by Gasteiger charge is 2.14. The van der Waals surface area contributed by atoms with Crippen molar-refractivity contribution >= 4 is 33.1 Å². The van der Waals surface area contributed by atoms with E-state index in [-0.39, 0.29) is 0 Å². The van der Waals surface area contributed by atoms with Crippen LogP contribution in [0.4, 0.5) is 11.5 Å². The quantitative estimate of drug-likeness (QED) is 0.463. The highest BCUT2D eigenvalue weighted by atomic mass is 79.9. The minimum atomic E-state index is 0.706. The van der Waals surface area contributed by atoms with E-state index in [1.165, 1.54) is 37.9 Å². The zero-order chi connectivity index (χ0) is 19.6. The summed E-state index contributed by atoms with van der Waals surface area (Å²) in [7, 11) is 0. The average Bonchev–Trinajstić information content (AvgIpc) is 3.40. The number of likely N-dealkylation sites (tertiary alicyclic amines) is 1. The molecule has 0 aliphatic carbocycles. The maximum atomic E-state index is 4.60. The fourth-order valence-corrected chi connectivity index (χ4v) is 4.24. The number of anilines is 2. The number of nitrogens with zero attached hydrogens (tertiary/aromatic N) is 5. The number of hydrogen-bond acceptors (Lipinski definition) is 5. The molecule has 148 valence electrons. The third kappa shape index (κ3) is 3.90. The van der Waals surface area contributed by atoms with Gasteiger partial charge in [0.05, 0.1) is 18.1 Å². The molecule has 0 radical (unpaired) electrons. The fraction of sp³-hybridized carbons (Fsp3) is 0.286. The maximum Gasteiger partial charge on any atom is 0.181 e. The summed E-state index contributed by atoms with van der Waals surface area (Å²) in [4.78, 5) is 11.7. The predicted octanol–water partition coefficient (Wildman–Crippen LogP) is 4.61. The van der Waals surface area contributed by atoms with E-state index >= 15 is 0 Å². The minimum absolute atomic E-state index is 0.706. The lowest BCUT2D eigenvalue weighted by molar-refractivity contribution is 0.221. The summed E-state index contributed by atoms with van der Waals surface area (Å²) in [5.41, 5.74) is 5.03. The van der Waals surface area contributed by atoms with Gasteiger partial charge in [-0.1, -0.05) is 18.6 Å². The van der Waals surface area contributed by atoms with Crippen molar-refractivity contribution in [3.05, 3.63) is 59.2 Å². The minimum Gasteiger partial charge on any atom is -0.337 e. The van der Waals surface area contributed by atoms with E-state index in [1.807, 2.05) is 23.0 Å². The summed E-state index contributed by atoms with van der Waals surface area (Å²) < 4.78 is 2.74. The molecule has 0 unspecified atom stereocenters. The number of fused-ring (bicyclic) bond motifs is 1. The largest absolute Gasteiger partial charge is 0.337 e. The van der Waals surface area contributed by atoms with Crippen LogP contribution in [0.2, 0.25) is 0 Å². The highest BCUT2D eigenvalue weighted by Crippen LogP contribution is 2.27. The second-order valence-electron chi connectivity index (χ2n) is 7.39. The molecule has 8 heteroatoms. The van der Waals surface area contributed by atoms with Crippen LogP contribution in [-0.2, 0) is 6.54 Å². The molecule has 0 saturated carbocycles. The van der Waals surface area contributed by atoms with Gasteiger partial charge in [0.15, 0.2) is 11.5 Å². The Hall–Kier alpha value is -2.71. The van der Waals surface area contributed by atoms with Gasteiger partial charge in [-0.15, -0.1) is 0 Å². The van der Waals surface area contributed by atoms with Crippen LogP contribution in [0.3, 0.4) is 0 Å². The van der Waals surface area contributed by atoms with Gasteiger partial charge in [0.25, 0.3) is 0 Å². The maximum absolute atomic E-state index is 4.60. The summed E-state index contributed by atoms with van der Waals surface area (Å²) in [6, 6.07) is 8.60. The van der Waals surface area contributed by atoms with E-state index in [4.69, 9.17) is 0 Å². The van der Waals surface area contributed by atoms with Crippen molar-refractivity contribution in [1.29, 1.82) is 0 Å². The van der Waals surface area contributed by atoms with Gasteiger partial charge in [-0.3, -0.25) is 14.4 Å². The van der Waals surface area contributed by atoms with Crippen molar-refractivity contribution in [1.82, 2.24) is 29.5 Å². The smallest absolute Gasteiger partial charge is 0.181 e. The Bertz CT molecular complexity index is 1100. The van der Waals surface area contributed by atoms with Crippen LogP contribution >= 0.6 is 15.9 Å². The van der Waals surface area contributed by atoms with Gasteiger partial charge in [-0.05, 0) is 59.6 Å². The molecule has 0 amide bonds. The van der Waals surface area contributed by atoms with Gasteiger partial charge >= 0.3 is 0 Å². The first-order chi connectivity index (χ1) is 14.3. The average molecular weight is 452 g/mol. The lowest BCUT2D eigenvalue weighted by Crippen LogP contribution is -2.29. The van der Waals surface area contributed by atoms with Gasteiger partial charge in [0.1, 0.15) is 4.60 Å². The van der Waals surface area contributed by atoms with E-state index in [0.29, 0.717) is 5.82 Å². The molecular weight excluding hydrogens is 430 g/mol. The van der Waals surface area contributed by atoms with E-state index in [0.717, 1.165) is 33.7 Å². The number of nitrogens with one attached hydrogen (secondary N) is 2. The first-order valence-electron chi connectivity index (χ1n) is 9.87. The SMILES string of the molecule is Brc1cn2c(-c3cn[nH]c3)cnc2c(Nc2ccc(CN3CCCCC3)cc2)n1. The first-order valence-corrected chi connectivity index (χ1v) is 10.7. The molecule has 4 aromatic rings. The monoisotopic (exact) mass is 451 g/mol. The Morgan fingerprint density at radius 3 is 2.66 bits per heavy atom. The number of rotatable bonds is 5. The van der Waals surface area contributed by atoms with Crippen molar-refractivity contribution in [2.24, 2.45) is 0 Å². The van der Waals surface area contributed by atoms with Gasteiger partial charge in [-0.2, -0.15) is 5.10 Å². The van der Waals surface area contributed by atoms with Gasteiger partial charge in [-0.25, -0.2) is 9.97 Å². The Morgan fingerprint density at radius 2 is 1.90 bits per heavy atom. The summed E-state index contributed by atoms with van der Waals surface area (Å²) >= 11 is 3.52. The number of aromatic nitrogens is 5. The van der Waals surface area contributed by atoms with Crippen molar-refractivity contribution in [3.63, 3.8) is 0 Å². The third-order valence-corrected chi connectivity index (χ3v) is 5.71. The summed E-state index contributed by atoms with van der Waals surface area (Å²) in [6.45, 7) is 3.44. The Kier molecular flexibility index (Phi) is 5.03. The summed E-state index contributed by atoms with van der Waals surface area (Å²) in [6.07, 6.45) is 11.4. The molecule has 4 heterocycles. The lowest BCUT2D eigenvalue weighted by Gasteiger charge is -2.26. The number of aromatic amines is 1. The molecule has 0 spiro atoms. The van der Waals surface area contributed by atoms with E-state index in [1.54, 1.807) is 6.20 Å². The Balaban J connectivity index is 1.38. The molecule has 5 rings (SSSR count). The van der Waals surface area contributed by atoms with Crippen molar-refractivity contribution in [2.45, 2.75) is 25.8 Å². The van der Waals surface area contributed by atoms with Crippen molar-refractivity contribution < 1.29 is 0 Å². The van der Waals surface area contributed by atoms with Gasteiger partial charge < -0.3 is 5.32 Å². The fourth-order valence-electron chi connectivity index (χ4n) is 3.85. The van der Waals surface area contributed by atoms with E-state index in [2.05, 4.69) is 70.6 Å². The van der Waals surface area contributed by atoms with Crippen molar-refractivity contribution in [2.75, 3.05) is 18.4 Å². The number of imidazole rings is 1.